The molecule has 2 aromatic rings. The van der Waals surface area contributed by atoms with Crippen LogP contribution >= 0.6 is 15.9 Å². The molecule has 6 heteroatoms. The van der Waals surface area contributed by atoms with Crippen molar-refractivity contribution in [2.24, 2.45) is 0 Å². The number of ether oxygens (including phenoxy) is 1. The van der Waals surface area contributed by atoms with Gasteiger partial charge in [0, 0.05) is 4.47 Å². The zero-order valence-electron chi connectivity index (χ0n) is 12.0. The lowest BCUT2D eigenvalue weighted by Gasteiger charge is -2.15. The number of rotatable bonds is 4. The minimum Gasteiger partial charge on any atom is -0.459 e. The number of carbonyl (C=O) groups is 3. The monoisotopic (exact) mass is 373 g/mol. The Morgan fingerprint density at radius 2 is 1.74 bits per heavy atom. The molecule has 0 saturated carbocycles. The number of hydrogen-bond donors (Lipinski definition) is 0. The van der Waals surface area contributed by atoms with Gasteiger partial charge < -0.3 is 4.74 Å². The fourth-order valence-corrected chi connectivity index (χ4v) is 2.59. The minimum atomic E-state index is -0.702. The highest BCUT2D eigenvalue weighted by Crippen LogP contribution is 2.28. The maximum absolute atomic E-state index is 12.0. The molecule has 0 saturated heterocycles. The van der Waals surface area contributed by atoms with Gasteiger partial charge in [-0.05, 0) is 29.8 Å². The third-order valence-electron chi connectivity index (χ3n) is 3.48. The summed E-state index contributed by atoms with van der Waals surface area (Å²) in [6.07, 6.45) is 0. The quantitative estimate of drug-likeness (QED) is 0.610. The molecule has 116 valence electrons. The Kier molecular flexibility index (Phi) is 4.25. The van der Waals surface area contributed by atoms with E-state index in [1.807, 2.05) is 24.3 Å². The molecule has 1 amide bonds. The molecule has 5 nitrogen and oxygen atoms in total. The summed E-state index contributed by atoms with van der Waals surface area (Å²) in [4.78, 5) is 36.9. The SMILES string of the molecule is O=C(CN1C(=O)C(=O)c2ccccc21)OCc1ccc(Br)cc1. The van der Waals surface area contributed by atoms with Gasteiger partial charge in [0.15, 0.2) is 0 Å². The van der Waals surface area contributed by atoms with Crippen LogP contribution in [0.15, 0.2) is 53.0 Å². The average molecular weight is 374 g/mol. The molecule has 0 spiro atoms. The summed E-state index contributed by atoms with van der Waals surface area (Å²) < 4.78 is 6.10. The summed E-state index contributed by atoms with van der Waals surface area (Å²) in [6, 6.07) is 14.0. The Labute approximate surface area is 141 Å². The van der Waals surface area contributed by atoms with E-state index in [0.29, 0.717) is 11.3 Å². The first-order valence-electron chi connectivity index (χ1n) is 6.91. The van der Waals surface area contributed by atoms with Crippen LogP contribution in [0.5, 0.6) is 0 Å². The number of ketones is 1. The highest BCUT2D eigenvalue weighted by molar-refractivity contribution is 9.10. The van der Waals surface area contributed by atoms with Crippen molar-refractivity contribution >= 4 is 39.3 Å². The second kappa shape index (κ2) is 6.34. The molecular formula is C17H12BrNO4. The van der Waals surface area contributed by atoms with Gasteiger partial charge in [-0.2, -0.15) is 0 Å². The lowest BCUT2D eigenvalue weighted by molar-refractivity contribution is -0.143. The van der Waals surface area contributed by atoms with E-state index in [-0.39, 0.29) is 13.2 Å². The molecule has 1 aliphatic rings. The molecule has 3 rings (SSSR count). The van der Waals surface area contributed by atoms with E-state index in [9.17, 15) is 14.4 Å². The molecule has 0 radical (unpaired) electrons. The van der Waals surface area contributed by atoms with Crippen molar-refractivity contribution in [3.05, 3.63) is 64.1 Å². The van der Waals surface area contributed by atoms with E-state index in [0.717, 1.165) is 14.9 Å². The van der Waals surface area contributed by atoms with Gasteiger partial charge in [0.05, 0.1) is 11.3 Å². The van der Waals surface area contributed by atoms with Crippen molar-refractivity contribution in [3.8, 4) is 0 Å². The summed E-state index contributed by atoms with van der Waals surface area (Å²) in [7, 11) is 0. The second-order valence-electron chi connectivity index (χ2n) is 5.02. The van der Waals surface area contributed by atoms with Gasteiger partial charge in [0.1, 0.15) is 13.2 Å². The number of para-hydroxylation sites is 1. The summed E-state index contributed by atoms with van der Waals surface area (Å²) in [5.41, 5.74) is 1.60. The van der Waals surface area contributed by atoms with Crippen LogP contribution in [0.25, 0.3) is 0 Å². The highest BCUT2D eigenvalue weighted by Gasteiger charge is 2.36. The normalized spacial score (nSPS) is 13.2. The number of benzene rings is 2. The molecule has 0 atom stereocenters. The number of fused-ring (bicyclic) bond motifs is 1. The van der Waals surface area contributed by atoms with Crippen LogP contribution in [0.4, 0.5) is 5.69 Å². The number of hydrogen-bond acceptors (Lipinski definition) is 4. The molecule has 1 aliphatic heterocycles. The van der Waals surface area contributed by atoms with Crippen molar-refractivity contribution in [1.29, 1.82) is 0 Å². The highest BCUT2D eigenvalue weighted by atomic mass is 79.9. The van der Waals surface area contributed by atoms with Gasteiger partial charge >= 0.3 is 5.97 Å². The van der Waals surface area contributed by atoms with Gasteiger partial charge in [-0.25, -0.2) is 0 Å². The summed E-state index contributed by atoms with van der Waals surface area (Å²) in [5.74, 6) is -1.86. The Balaban J connectivity index is 1.65. The van der Waals surface area contributed by atoms with Crippen LogP contribution in [-0.4, -0.2) is 24.2 Å². The van der Waals surface area contributed by atoms with Crippen molar-refractivity contribution in [2.75, 3.05) is 11.4 Å². The van der Waals surface area contributed by atoms with Crippen molar-refractivity contribution < 1.29 is 19.1 Å². The van der Waals surface area contributed by atoms with Crippen molar-refractivity contribution in [2.45, 2.75) is 6.61 Å². The Morgan fingerprint density at radius 1 is 1.04 bits per heavy atom. The summed E-state index contributed by atoms with van der Waals surface area (Å²) in [5, 5.41) is 0. The molecule has 0 fully saturated rings. The first-order valence-corrected chi connectivity index (χ1v) is 7.71. The molecule has 0 aromatic heterocycles. The predicted octanol–water partition coefficient (Wildman–Crippen LogP) is 2.72. The van der Waals surface area contributed by atoms with Crippen LogP contribution < -0.4 is 4.90 Å². The molecule has 0 unspecified atom stereocenters. The van der Waals surface area contributed by atoms with Gasteiger partial charge in [-0.15, -0.1) is 0 Å². The third kappa shape index (κ3) is 3.17. The fraction of sp³-hybridized carbons (Fsp3) is 0.118. The van der Waals surface area contributed by atoms with Crippen molar-refractivity contribution in [3.63, 3.8) is 0 Å². The Hall–Kier alpha value is -2.47. The van der Waals surface area contributed by atoms with Crippen LogP contribution in [0, 0.1) is 0 Å². The predicted molar refractivity (Wildman–Crippen MR) is 87.1 cm³/mol. The van der Waals surface area contributed by atoms with E-state index < -0.39 is 17.7 Å². The average Bonchev–Trinajstić information content (AvgIpc) is 2.80. The van der Waals surface area contributed by atoms with E-state index >= 15 is 0 Å². The topological polar surface area (TPSA) is 63.7 Å². The summed E-state index contributed by atoms with van der Waals surface area (Å²) in [6.45, 7) is -0.165. The molecular weight excluding hydrogens is 362 g/mol. The number of amides is 1. The first kappa shape index (κ1) is 15.4. The van der Waals surface area contributed by atoms with Crippen LogP contribution in [0.2, 0.25) is 0 Å². The fourth-order valence-electron chi connectivity index (χ4n) is 2.32. The number of anilines is 1. The van der Waals surface area contributed by atoms with Gasteiger partial charge in [-0.1, -0.05) is 40.2 Å². The molecule has 0 N–H and O–H groups in total. The zero-order valence-corrected chi connectivity index (χ0v) is 13.6. The standard InChI is InChI=1S/C17H12BrNO4/c18-12-7-5-11(6-8-12)10-23-15(20)9-19-14-4-2-1-3-13(14)16(21)17(19)22/h1-8H,9-10H2. The number of nitrogens with zero attached hydrogens (tertiary/aromatic N) is 1. The first-order chi connectivity index (χ1) is 11.1. The Bertz CT molecular complexity index is 785. The molecule has 1 heterocycles. The summed E-state index contributed by atoms with van der Waals surface area (Å²) >= 11 is 3.33. The lowest BCUT2D eigenvalue weighted by Crippen LogP contribution is -2.35. The minimum absolute atomic E-state index is 0.115. The lowest BCUT2D eigenvalue weighted by atomic mass is 10.1. The number of carbonyl (C=O) groups excluding carboxylic acids is 3. The van der Waals surface area contributed by atoms with Crippen LogP contribution in [0.1, 0.15) is 15.9 Å². The van der Waals surface area contributed by atoms with E-state index in [1.54, 1.807) is 24.3 Å². The second-order valence-corrected chi connectivity index (χ2v) is 5.94. The van der Waals surface area contributed by atoms with Gasteiger partial charge in [-0.3, -0.25) is 19.3 Å². The largest absolute Gasteiger partial charge is 0.459 e. The third-order valence-corrected chi connectivity index (χ3v) is 4.01. The van der Waals surface area contributed by atoms with Gasteiger partial charge in [0.2, 0.25) is 0 Å². The Morgan fingerprint density at radius 3 is 2.48 bits per heavy atom. The van der Waals surface area contributed by atoms with E-state index in [2.05, 4.69) is 15.9 Å². The maximum atomic E-state index is 12.0. The number of Topliss-reactive ketones (excluding diaryl/α,β-unsaturated/α-hetero) is 1. The van der Waals surface area contributed by atoms with Crippen LogP contribution in [-0.2, 0) is 20.9 Å². The molecule has 0 bridgehead atoms. The zero-order chi connectivity index (χ0) is 16.4. The van der Waals surface area contributed by atoms with E-state index in [1.165, 1.54) is 0 Å². The molecule has 0 aliphatic carbocycles. The smallest absolute Gasteiger partial charge is 0.326 e. The van der Waals surface area contributed by atoms with Crippen molar-refractivity contribution in [1.82, 2.24) is 0 Å². The molecule has 2 aromatic carbocycles. The maximum Gasteiger partial charge on any atom is 0.326 e. The number of halogens is 1. The van der Waals surface area contributed by atoms with Crippen LogP contribution in [0.3, 0.4) is 0 Å². The molecule has 23 heavy (non-hydrogen) atoms. The van der Waals surface area contributed by atoms with Gasteiger partial charge in [0.25, 0.3) is 11.7 Å². The number of esters is 1. The van der Waals surface area contributed by atoms with E-state index in [4.69, 9.17) is 4.74 Å².